The van der Waals surface area contributed by atoms with Crippen LogP contribution in [0.4, 0.5) is 9.59 Å². The lowest BCUT2D eigenvalue weighted by Gasteiger charge is -2.49. The van der Waals surface area contributed by atoms with E-state index in [9.17, 15) is 29.7 Å². The van der Waals surface area contributed by atoms with Crippen LogP contribution in [-0.2, 0) is 4.79 Å². The maximum Gasteiger partial charge on any atom is 0.408 e. The van der Waals surface area contributed by atoms with E-state index in [0.717, 1.165) is 15.4 Å². The minimum absolute atomic E-state index is 0.0792. The minimum Gasteiger partial charge on any atom is -0.490 e. The van der Waals surface area contributed by atoms with Gasteiger partial charge in [0.05, 0.1) is 22.1 Å². The van der Waals surface area contributed by atoms with E-state index in [4.69, 9.17) is 32.7 Å². The first-order valence-corrected chi connectivity index (χ1v) is 12.1. The maximum absolute atomic E-state index is 12.2. The van der Waals surface area contributed by atoms with Crippen molar-refractivity contribution in [1.82, 2.24) is 9.80 Å². The van der Waals surface area contributed by atoms with E-state index in [1.165, 1.54) is 6.08 Å². The van der Waals surface area contributed by atoms with Crippen LogP contribution in [0.5, 0.6) is 11.5 Å². The molecule has 0 radical (unpaired) electrons. The van der Waals surface area contributed by atoms with Crippen molar-refractivity contribution in [1.29, 1.82) is 0 Å². The van der Waals surface area contributed by atoms with Gasteiger partial charge in [0.2, 0.25) is 0 Å². The number of hydrogen-bond donors (Lipinski definition) is 3. The van der Waals surface area contributed by atoms with E-state index >= 15 is 0 Å². The number of benzene rings is 2. The van der Waals surface area contributed by atoms with Gasteiger partial charge in [-0.3, -0.25) is 9.69 Å². The molecule has 4 rings (SSSR count). The topological polar surface area (TPSA) is 137 Å². The monoisotopic (exact) mass is 550 g/mol. The van der Waals surface area contributed by atoms with E-state index in [1.807, 2.05) is 6.92 Å². The summed E-state index contributed by atoms with van der Waals surface area (Å²) in [6.45, 7) is 1.94. The lowest BCUT2D eigenvalue weighted by molar-refractivity contribution is -0.142. The van der Waals surface area contributed by atoms with E-state index in [2.05, 4.69) is 0 Å². The highest BCUT2D eigenvalue weighted by Gasteiger charge is 2.49. The molecule has 0 saturated carbocycles. The normalized spacial score (nSPS) is 20.7. The molecule has 3 N–H and O–H groups in total. The number of carbonyl (C=O) groups is 3. The third-order valence-corrected chi connectivity index (χ3v) is 6.87. The molecule has 2 heterocycles. The van der Waals surface area contributed by atoms with Crippen LogP contribution in [0.25, 0.3) is 5.57 Å². The van der Waals surface area contributed by atoms with Gasteiger partial charge < -0.3 is 29.7 Å². The zero-order valence-electron chi connectivity index (χ0n) is 19.6. The highest BCUT2D eigenvalue weighted by molar-refractivity contribution is 6.37. The molecule has 12 heteroatoms. The second-order valence-electron chi connectivity index (χ2n) is 8.73. The average Bonchev–Trinajstić information content (AvgIpc) is 2.81. The highest BCUT2D eigenvalue weighted by Crippen LogP contribution is 2.39. The number of carboxylic acids is 1. The van der Waals surface area contributed by atoms with Crippen LogP contribution in [-0.4, -0.2) is 81.7 Å². The van der Waals surface area contributed by atoms with Gasteiger partial charge in [-0.05, 0) is 47.9 Å². The molecule has 2 aromatic carbocycles. The maximum atomic E-state index is 12.2. The van der Waals surface area contributed by atoms with Crippen LogP contribution in [0.2, 0.25) is 10.0 Å². The van der Waals surface area contributed by atoms with E-state index < -0.39 is 36.2 Å². The molecule has 2 amide bonds. The summed E-state index contributed by atoms with van der Waals surface area (Å²) in [5.41, 5.74) is 1.93. The number of carboxylic acid groups (broad SMARTS) is 3. The minimum atomic E-state index is -1.29. The van der Waals surface area contributed by atoms with Crippen LogP contribution in [0, 0.1) is 12.8 Å². The lowest BCUT2D eigenvalue weighted by atomic mass is 9.79. The van der Waals surface area contributed by atoms with Crippen molar-refractivity contribution in [3.63, 3.8) is 0 Å². The highest BCUT2D eigenvalue weighted by atomic mass is 35.5. The molecule has 10 nitrogen and oxygen atoms in total. The van der Waals surface area contributed by atoms with Crippen LogP contribution >= 0.6 is 23.2 Å². The first kappa shape index (κ1) is 26.4. The number of hydrogen-bond acceptors (Lipinski definition) is 5. The number of rotatable bonds is 7. The summed E-state index contributed by atoms with van der Waals surface area (Å²) >= 11 is 12.4. The van der Waals surface area contributed by atoms with E-state index in [0.29, 0.717) is 32.7 Å². The summed E-state index contributed by atoms with van der Waals surface area (Å²) in [6, 6.07) is 8.35. The largest absolute Gasteiger partial charge is 0.490 e. The number of fused-ring (bicyclic) bond motifs is 2. The van der Waals surface area contributed by atoms with Gasteiger partial charge in [0.15, 0.2) is 5.75 Å². The third kappa shape index (κ3) is 5.55. The Morgan fingerprint density at radius 3 is 2.14 bits per heavy atom. The molecule has 1 unspecified atom stereocenters. The zero-order chi connectivity index (χ0) is 26.9. The van der Waals surface area contributed by atoms with Gasteiger partial charge in [-0.15, -0.1) is 0 Å². The van der Waals surface area contributed by atoms with Crippen molar-refractivity contribution in [2.45, 2.75) is 19.0 Å². The molecule has 0 aliphatic carbocycles. The molecule has 2 aliphatic heterocycles. The van der Waals surface area contributed by atoms with Gasteiger partial charge in [0.25, 0.3) is 0 Å². The predicted molar refractivity (Wildman–Crippen MR) is 135 cm³/mol. The lowest BCUT2D eigenvalue weighted by Crippen LogP contribution is -2.65. The van der Waals surface area contributed by atoms with E-state index in [-0.39, 0.29) is 26.3 Å². The van der Waals surface area contributed by atoms with Crippen molar-refractivity contribution < 1.29 is 39.2 Å². The fourth-order valence-corrected chi connectivity index (χ4v) is 5.46. The number of nitrogens with zero attached hydrogens (tertiary/aromatic N) is 2. The quantitative estimate of drug-likeness (QED) is 0.426. The van der Waals surface area contributed by atoms with Gasteiger partial charge >= 0.3 is 18.2 Å². The SMILES string of the molecule is Cc1cc(Cl)c(OCCOc2ccc(C3=C[C@@H]4CN(C(=O)O)C[C@H](C3C(=O)O)N4C(=O)O)cc2)c(Cl)c1. The Labute approximate surface area is 222 Å². The number of aliphatic carboxylic acids is 1. The van der Waals surface area contributed by atoms with Gasteiger partial charge in [0, 0.05) is 13.1 Å². The van der Waals surface area contributed by atoms with Crippen LogP contribution in [0.1, 0.15) is 11.1 Å². The molecule has 2 bridgehead atoms. The fraction of sp³-hybridized carbons (Fsp3) is 0.320. The smallest absolute Gasteiger partial charge is 0.408 e. The molecular formula is C25H24Cl2N2O8. The Kier molecular flexibility index (Phi) is 7.70. The van der Waals surface area contributed by atoms with Gasteiger partial charge in [-0.1, -0.05) is 41.4 Å². The van der Waals surface area contributed by atoms with Crippen molar-refractivity contribution in [3.8, 4) is 11.5 Å². The second kappa shape index (κ2) is 10.8. The predicted octanol–water partition coefficient (Wildman–Crippen LogP) is 4.57. The molecule has 2 aliphatic rings. The summed E-state index contributed by atoms with van der Waals surface area (Å²) in [5.74, 6) is -1.59. The van der Waals surface area contributed by atoms with Gasteiger partial charge in [0.1, 0.15) is 24.9 Å². The molecule has 196 valence electrons. The summed E-state index contributed by atoms with van der Waals surface area (Å²) in [7, 11) is 0. The first-order valence-electron chi connectivity index (χ1n) is 11.3. The van der Waals surface area contributed by atoms with Crippen LogP contribution in [0.3, 0.4) is 0 Å². The Hall–Kier alpha value is -3.63. The van der Waals surface area contributed by atoms with Crippen molar-refractivity contribution >= 4 is 46.9 Å². The number of aryl methyl sites for hydroxylation is 1. The first-order chi connectivity index (χ1) is 17.6. The molecule has 2 aromatic rings. The standard InChI is InChI=1S/C25H24Cl2N2O8/c1-13-8-18(26)22(19(27)9-13)37-7-6-36-16-4-2-14(3-5-16)17-10-15-11-28(24(32)33)12-20(21(17)23(30)31)29(15)25(34)35/h2-5,8-10,15,20-21H,6-7,11-12H2,1H3,(H,30,31)(H,32,33)(H,34,35)/t15-,20-,21?/m1/s1. The average molecular weight is 551 g/mol. The van der Waals surface area contributed by atoms with Crippen molar-refractivity contribution in [2.75, 3.05) is 26.3 Å². The van der Waals surface area contributed by atoms with Gasteiger partial charge in [-0.2, -0.15) is 0 Å². The summed E-state index contributed by atoms with van der Waals surface area (Å²) in [5, 5.41) is 29.9. The molecule has 3 atom stereocenters. The Balaban J connectivity index is 1.47. The molecule has 37 heavy (non-hydrogen) atoms. The van der Waals surface area contributed by atoms with Gasteiger partial charge in [-0.25, -0.2) is 9.59 Å². The third-order valence-electron chi connectivity index (χ3n) is 6.31. The van der Waals surface area contributed by atoms with Crippen molar-refractivity contribution in [3.05, 3.63) is 63.6 Å². The molecular weight excluding hydrogens is 527 g/mol. The number of amides is 2. The summed E-state index contributed by atoms with van der Waals surface area (Å²) < 4.78 is 11.3. The zero-order valence-corrected chi connectivity index (χ0v) is 21.1. The molecule has 0 spiro atoms. The van der Waals surface area contributed by atoms with Crippen molar-refractivity contribution in [2.24, 2.45) is 5.92 Å². The fourth-order valence-electron chi connectivity index (χ4n) is 4.75. The Morgan fingerprint density at radius 1 is 0.946 bits per heavy atom. The molecule has 0 aromatic heterocycles. The van der Waals surface area contributed by atoms with Crippen LogP contribution < -0.4 is 9.47 Å². The molecule has 1 fully saturated rings. The van der Waals surface area contributed by atoms with Crippen LogP contribution in [0.15, 0.2) is 42.5 Å². The Morgan fingerprint density at radius 2 is 1.57 bits per heavy atom. The second-order valence-corrected chi connectivity index (χ2v) is 9.54. The molecule has 1 saturated heterocycles. The number of halogens is 2. The number of piperazine rings is 1. The number of ether oxygens (including phenoxy) is 2. The van der Waals surface area contributed by atoms with E-state index in [1.54, 1.807) is 36.4 Å². The Bertz CT molecular complexity index is 1230. The summed E-state index contributed by atoms with van der Waals surface area (Å²) in [6.07, 6.45) is -0.990. The summed E-state index contributed by atoms with van der Waals surface area (Å²) in [4.78, 5) is 37.7.